The minimum atomic E-state index is -0.336. The summed E-state index contributed by atoms with van der Waals surface area (Å²) in [5, 5.41) is 6.77. The van der Waals surface area contributed by atoms with E-state index in [2.05, 4.69) is 31.8 Å². The van der Waals surface area contributed by atoms with Crippen molar-refractivity contribution in [2.45, 2.75) is 20.3 Å². The molecule has 0 unspecified atom stereocenters. The maximum absolute atomic E-state index is 12.2. The Morgan fingerprint density at radius 3 is 2.50 bits per heavy atom. The van der Waals surface area contributed by atoms with Crippen LogP contribution in [0.2, 0.25) is 0 Å². The molecule has 0 bridgehead atoms. The van der Waals surface area contributed by atoms with Gasteiger partial charge in [-0.25, -0.2) is 5.43 Å². The number of hydrogen-bond acceptors (Lipinski definition) is 4. The number of halogens is 1. The van der Waals surface area contributed by atoms with Gasteiger partial charge in [0.15, 0.2) is 0 Å². The number of methoxy groups -OCH3 is 1. The van der Waals surface area contributed by atoms with Gasteiger partial charge in [0.05, 0.1) is 19.2 Å². The first kappa shape index (κ1) is 19.7. The Balaban J connectivity index is 1.94. The fraction of sp³-hybridized carbons (Fsp3) is 0.211. The molecule has 0 radical (unpaired) electrons. The molecule has 0 atom stereocenters. The van der Waals surface area contributed by atoms with Gasteiger partial charge in [-0.15, -0.1) is 0 Å². The highest BCUT2D eigenvalue weighted by atomic mass is 79.9. The Hall–Kier alpha value is -2.67. The minimum absolute atomic E-state index is 0.0533. The van der Waals surface area contributed by atoms with Gasteiger partial charge < -0.3 is 10.1 Å². The smallest absolute Gasteiger partial charge is 0.271 e. The van der Waals surface area contributed by atoms with Gasteiger partial charge in [0.2, 0.25) is 5.91 Å². The van der Waals surface area contributed by atoms with Crippen LogP contribution >= 0.6 is 15.9 Å². The highest BCUT2D eigenvalue weighted by molar-refractivity contribution is 9.10. The first-order chi connectivity index (χ1) is 12.4. The maximum atomic E-state index is 12.2. The topological polar surface area (TPSA) is 79.8 Å². The molecule has 136 valence electrons. The Kier molecular flexibility index (Phi) is 6.91. The van der Waals surface area contributed by atoms with E-state index < -0.39 is 0 Å². The number of carbonyl (C=O) groups excluding carboxylic acids is 2. The molecule has 0 saturated carbocycles. The Labute approximate surface area is 160 Å². The summed E-state index contributed by atoms with van der Waals surface area (Å²) in [6, 6.07) is 12.4. The van der Waals surface area contributed by atoms with Crippen LogP contribution in [0.4, 0.5) is 5.69 Å². The number of amides is 2. The summed E-state index contributed by atoms with van der Waals surface area (Å²) in [5.41, 5.74) is 5.03. The first-order valence-corrected chi connectivity index (χ1v) is 8.72. The van der Waals surface area contributed by atoms with Crippen molar-refractivity contribution in [2.24, 2.45) is 5.10 Å². The molecular weight excluding hydrogens is 398 g/mol. The molecule has 0 spiro atoms. The number of benzene rings is 2. The van der Waals surface area contributed by atoms with E-state index in [1.807, 2.05) is 19.1 Å². The molecule has 26 heavy (non-hydrogen) atoms. The number of ether oxygens (including phenoxy) is 1. The summed E-state index contributed by atoms with van der Waals surface area (Å²) in [4.78, 5) is 24.2. The fourth-order valence-electron chi connectivity index (χ4n) is 2.20. The summed E-state index contributed by atoms with van der Waals surface area (Å²) in [6.45, 7) is 3.61. The second-order valence-corrected chi connectivity index (χ2v) is 6.64. The van der Waals surface area contributed by atoms with Gasteiger partial charge in [-0.2, -0.15) is 5.10 Å². The number of carbonyl (C=O) groups is 2. The van der Waals surface area contributed by atoms with Gasteiger partial charge in [-0.1, -0.05) is 22.0 Å². The number of nitrogens with zero attached hydrogens (tertiary/aromatic N) is 1. The average Bonchev–Trinajstić information content (AvgIpc) is 2.60. The van der Waals surface area contributed by atoms with Gasteiger partial charge in [-0.05, 0) is 55.8 Å². The molecule has 2 N–H and O–H groups in total. The third-order valence-electron chi connectivity index (χ3n) is 3.50. The van der Waals surface area contributed by atoms with Crippen LogP contribution in [0.25, 0.3) is 0 Å². The van der Waals surface area contributed by atoms with Crippen LogP contribution in [0.1, 0.15) is 29.3 Å². The number of nitrogens with one attached hydrogen (secondary N) is 2. The van der Waals surface area contributed by atoms with Crippen LogP contribution in [0.3, 0.4) is 0 Å². The number of rotatable bonds is 6. The summed E-state index contributed by atoms with van der Waals surface area (Å²) in [7, 11) is 1.55. The largest absolute Gasteiger partial charge is 0.495 e. The zero-order valence-electron chi connectivity index (χ0n) is 14.8. The molecule has 0 fully saturated rings. The Bertz CT molecular complexity index is 832. The maximum Gasteiger partial charge on any atom is 0.271 e. The van der Waals surface area contributed by atoms with E-state index in [1.165, 1.54) is 0 Å². The average molecular weight is 418 g/mol. The number of hydrazone groups is 1. The lowest BCUT2D eigenvalue weighted by Gasteiger charge is -2.11. The standard InChI is InChI=1S/C19H20BrN3O3/c1-12-4-9-17(26-3)16(10-12)21-18(24)11-13(2)22-23-19(25)14-5-7-15(20)8-6-14/h4-10H,11H2,1-3H3,(H,21,24)(H,23,25). The van der Waals surface area contributed by atoms with Crippen molar-refractivity contribution >= 4 is 39.1 Å². The molecular formula is C19H20BrN3O3. The molecule has 0 saturated heterocycles. The second-order valence-electron chi connectivity index (χ2n) is 5.72. The number of aryl methyl sites for hydroxylation is 1. The minimum Gasteiger partial charge on any atom is -0.495 e. The first-order valence-electron chi connectivity index (χ1n) is 7.92. The van der Waals surface area contributed by atoms with E-state index in [-0.39, 0.29) is 18.2 Å². The van der Waals surface area contributed by atoms with Crippen molar-refractivity contribution in [1.82, 2.24) is 5.43 Å². The highest BCUT2D eigenvalue weighted by Crippen LogP contribution is 2.25. The molecule has 0 heterocycles. The van der Waals surface area contributed by atoms with Gasteiger partial charge in [0.1, 0.15) is 5.75 Å². The predicted molar refractivity (Wildman–Crippen MR) is 106 cm³/mol. The number of hydrogen-bond donors (Lipinski definition) is 2. The van der Waals surface area contributed by atoms with E-state index in [0.29, 0.717) is 22.7 Å². The highest BCUT2D eigenvalue weighted by Gasteiger charge is 2.10. The quantitative estimate of drug-likeness (QED) is 0.552. The molecule has 0 aromatic heterocycles. The van der Waals surface area contributed by atoms with E-state index >= 15 is 0 Å². The molecule has 2 aromatic carbocycles. The molecule has 2 aromatic rings. The zero-order chi connectivity index (χ0) is 19.1. The van der Waals surface area contributed by atoms with Gasteiger partial charge in [0, 0.05) is 15.7 Å². The van der Waals surface area contributed by atoms with Crippen molar-refractivity contribution < 1.29 is 14.3 Å². The van der Waals surface area contributed by atoms with Crippen LogP contribution in [-0.2, 0) is 4.79 Å². The summed E-state index contributed by atoms with van der Waals surface area (Å²) >= 11 is 3.31. The second kappa shape index (κ2) is 9.15. The Morgan fingerprint density at radius 2 is 1.85 bits per heavy atom. The monoisotopic (exact) mass is 417 g/mol. The van der Waals surface area contributed by atoms with Crippen LogP contribution in [0, 0.1) is 6.92 Å². The molecule has 2 rings (SSSR count). The van der Waals surface area contributed by atoms with Crippen molar-refractivity contribution in [3.05, 3.63) is 58.1 Å². The van der Waals surface area contributed by atoms with Crippen molar-refractivity contribution in [2.75, 3.05) is 12.4 Å². The van der Waals surface area contributed by atoms with Gasteiger partial charge >= 0.3 is 0 Å². The van der Waals surface area contributed by atoms with Crippen LogP contribution < -0.4 is 15.5 Å². The van der Waals surface area contributed by atoms with Crippen LogP contribution in [-0.4, -0.2) is 24.6 Å². The molecule has 0 aliphatic carbocycles. The number of anilines is 1. The van der Waals surface area contributed by atoms with Gasteiger partial charge in [0.25, 0.3) is 5.91 Å². The SMILES string of the molecule is COc1ccc(C)cc1NC(=O)CC(C)=NNC(=O)c1ccc(Br)cc1. The zero-order valence-corrected chi connectivity index (χ0v) is 16.4. The van der Waals surface area contributed by atoms with E-state index in [4.69, 9.17) is 4.74 Å². The van der Waals surface area contributed by atoms with Crippen molar-refractivity contribution in [3.63, 3.8) is 0 Å². The fourth-order valence-corrected chi connectivity index (χ4v) is 2.46. The van der Waals surface area contributed by atoms with E-state index in [9.17, 15) is 9.59 Å². The summed E-state index contributed by atoms with van der Waals surface area (Å²) in [5.74, 6) is 0.00716. The molecule has 0 aliphatic heterocycles. The third kappa shape index (κ3) is 5.70. The molecule has 0 aliphatic rings. The van der Waals surface area contributed by atoms with Crippen molar-refractivity contribution in [3.8, 4) is 5.75 Å². The molecule has 2 amide bonds. The third-order valence-corrected chi connectivity index (χ3v) is 4.03. The van der Waals surface area contributed by atoms with E-state index in [0.717, 1.165) is 10.0 Å². The normalized spacial score (nSPS) is 11.0. The summed E-state index contributed by atoms with van der Waals surface area (Å²) < 4.78 is 6.12. The Morgan fingerprint density at radius 1 is 1.15 bits per heavy atom. The lowest BCUT2D eigenvalue weighted by Crippen LogP contribution is -2.21. The van der Waals surface area contributed by atoms with E-state index in [1.54, 1.807) is 44.4 Å². The van der Waals surface area contributed by atoms with Crippen molar-refractivity contribution in [1.29, 1.82) is 0 Å². The lowest BCUT2D eigenvalue weighted by molar-refractivity contribution is -0.115. The lowest BCUT2D eigenvalue weighted by atomic mass is 10.2. The summed E-state index contributed by atoms with van der Waals surface area (Å²) in [6.07, 6.45) is 0.0533. The van der Waals surface area contributed by atoms with Crippen LogP contribution in [0.15, 0.2) is 52.0 Å². The van der Waals surface area contributed by atoms with Gasteiger partial charge in [-0.3, -0.25) is 9.59 Å². The predicted octanol–water partition coefficient (Wildman–Crippen LogP) is 3.90. The van der Waals surface area contributed by atoms with Crippen LogP contribution in [0.5, 0.6) is 5.75 Å². The molecule has 6 nitrogen and oxygen atoms in total. The molecule has 7 heteroatoms.